The lowest BCUT2D eigenvalue weighted by Gasteiger charge is -2.20. The van der Waals surface area contributed by atoms with Crippen LogP contribution in [0.4, 0.5) is 0 Å². The zero-order valence-corrected chi connectivity index (χ0v) is 8.34. The number of halogens is 1. The molecule has 0 unspecified atom stereocenters. The molecule has 0 atom stereocenters. The molecule has 1 aromatic heterocycles. The predicted octanol–water partition coefficient (Wildman–Crippen LogP) is 2.13. The van der Waals surface area contributed by atoms with Crippen molar-refractivity contribution in [1.29, 1.82) is 0 Å². The summed E-state index contributed by atoms with van der Waals surface area (Å²) in [5.41, 5.74) is 0. The molecule has 1 fully saturated rings. The Labute approximate surface area is 92.7 Å². The fourth-order valence-electron chi connectivity index (χ4n) is 0.959. The number of rotatable bonds is 1. The average molecular weight is 248 g/mol. The third-order valence-electron chi connectivity index (χ3n) is 1.55. The van der Waals surface area contributed by atoms with E-state index in [0.29, 0.717) is 4.47 Å². The maximum absolute atomic E-state index is 8.27. The van der Waals surface area contributed by atoms with Gasteiger partial charge in [0.2, 0.25) is 0 Å². The molecule has 0 radical (unpaired) electrons. The fourth-order valence-corrected chi connectivity index (χ4v) is 1.16. The number of nitrogens with zero attached hydrogens (tertiary/aromatic N) is 2. The topological polar surface area (TPSA) is 35.0 Å². The van der Waals surface area contributed by atoms with Gasteiger partial charge in [-0.3, -0.25) is 0 Å². The highest BCUT2D eigenvalue weighted by Gasteiger charge is 2.17. The van der Waals surface area contributed by atoms with Gasteiger partial charge in [-0.25, -0.2) is 9.97 Å². The highest BCUT2D eigenvalue weighted by molar-refractivity contribution is 9.10. The first-order valence-electron chi connectivity index (χ1n) is 6.26. The van der Waals surface area contributed by atoms with Crippen molar-refractivity contribution in [2.45, 2.75) is 18.6 Å². The van der Waals surface area contributed by atoms with Crippen molar-refractivity contribution in [3.63, 3.8) is 0 Å². The van der Waals surface area contributed by atoms with E-state index in [0.717, 1.165) is 0 Å². The van der Waals surface area contributed by atoms with Crippen LogP contribution in [-0.4, -0.2) is 23.2 Å². The molecule has 0 saturated carbocycles. The minimum atomic E-state index is -2.21. The second-order valence-electron chi connectivity index (χ2n) is 2.45. The molecule has 1 aromatic rings. The summed E-state index contributed by atoms with van der Waals surface area (Å²) >= 11 is 3.15. The van der Waals surface area contributed by atoms with Crippen LogP contribution in [0.1, 0.15) is 31.3 Å². The Morgan fingerprint density at radius 2 is 2.08 bits per heavy atom. The Hall–Kier alpha value is -0.480. The second kappa shape index (κ2) is 4.15. The van der Waals surface area contributed by atoms with Crippen LogP contribution in [0.3, 0.4) is 0 Å². The number of ether oxygens (including phenoxy) is 1. The van der Waals surface area contributed by atoms with Gasteiger partial charge in [-0.05, 0) is 28.7 Å². The lowest BCUT2D eigenvalue weighted by Crippen LogP contribution is -2.16. The SMILES string of the molecule is [2H]C1([2H])COCC([2H])([2H])C1([2H])c1ncc(Br)cn1. The zero-order chi connectivity index (χ0) is 13.6. The van der Waals surface area contributed by atoms with Crippen molar-refractivity contribution in [3.05, 3.63) is 22.7 Å². The molecule has 0 amide bonds. The van der Waals surface area contributed by atoms with E-state index in [1.54, 1.807) is 0 Å². The molecule has 70 valence electrons. The molecular weight excluding hydrogens is 232 g/mol. The van der Waals surface area contributed by atoms with Crippen molar-refractivity contribution in [2.24, 2.45) is 0 Å². The summed E-state index contributed by atoms with van der Waals surface area (Å²) in [6, 6.07) is 0. The standard InChI is InChI=1S/C9H11BrN2O/c10-8-5-11-9(12-6-8)7-1-3-13-4-2-7/h5-7H,1-4H2/i1D2,2D2,7D. The van der Waals surface area contributed by atoms with Crippen molar-refractivity contribution < 1.29 is 11.6 Å². The van der Waals surface area contributed by atoms with Crippen LogP contribution >= 0.6 is 15.9 Å². The van der Waals surface area contributed by atoms with Crippen LogP contribution in [0.25, 0.3) is 0 Å². The minimum absolute atomic E-state index is 0.177. The van der Waals surface area contributed by atoms with Gasteiger partial charge in [0.05, 0.1) is 4.47 Å². The summed E-state index contributed by atoms with van der Waals surface area (Å²) < 4.78 is 45.2. The molecule has 1 saturated heterocycles. The molecule has 2 rings (SSSR count). The normalized spacial score (nSPS) is 34.7. The third-order valence-corrected chi connectivity index (χ3v) is 1.96. The van der Waals surface area contributed by atoms with Gasteiger partial charge >= 0.3 is 0 Å². The molecule has 0 aromatic carbocycles. The Bertz CT molecular complexity index is 437. The predicted molar refractivity (Wildman–Crippen MR) is 52.5 cm³/mol. The molecule has 0 aliphatic carbocycles. The monoisotopic (exact) mass is 247 g/mol. The zero-order valence-electron chi connectivity index (χ0n) is 11.7. The quantitative estimate of drug-likeness (QED) is 0.763. The van der Waals surface area contributed by atoms with E-state index in [4.69, 9.17) is 11.6 Å². The van der Waals surface area contributed by atoms with Gasteiger partial charge in [0.25, 0.3) is 0 Å². The molecule has 0 N–H and O–H groups in total. The first-order valence-corrected chi connectivity index (χ1v) is 4.56. The van der Waals surface area contributed by atoms with E-state index < -0.39 is 18.6 Å². The van der Waals surface area contributed by atoms with Gasteiger partial charge in [-0.15, -0.1) is 0 Å². The van der Waals surface area contributed by atoms with Gasteiger partial charge in [0.15, 0.2) is 0 Å². The van der Waals surface area contributed by atoms with Crippen molar-refractivity contribution >= 4 is 15.9 Å². The maximum Gasteiger partial charge on any atom is 0.131 e. The molecule has 13 heavy (non-hydrogen) atoms. The third kappa shape index (κ3) is 2.25. The van der Waals surface area contributed by atoms with Gasteiger partial charge in [0.1, 0.15) is 5.82 Å². The van der Waals surface area contributed by atoms with Crippen LogP contribution in [0.15, 0.2) is 16.9 Å². The van der Waals surface area contributed by atoms with Gasteiger partial charge in [0, 0.05) is 38.4 Å². The molecule has 0 bridgehead atoms. The first kappa shape index (κ1) is 4.84. The Morgan fingerprint density at radius 3 is 2.69 bits per heavy atom. The lowest BCUT2D eigenvalue weighted by atomic mass is 10.00. The highest BCUT2D eigenvalue weighted by Crippen LogP contribution is 2.23. The number of hydrogen-bond acceptors (Lipinski definition) is 3. The van der Waals surface area contributed by atoms with E-state index in [1.807, 2.05) is 0 Å². The summed E-state index contributed by atoms with van der Waals surface area (Å²) in [7, 11) is 0. The summed E-state index contributed by atoms with van der Waals surface area (Å²) in [5, 5.41) is 0. The van der Waals surface area contributed by atoms with E-state index in [1.165, 1.54) is 12.4 Å². The first-order chi connectivity index (χ1) is 8.21. The van der Waals surface area contributed by atoms with E-state index >= 15 is 0 Å². The Kier molecular flexibility index (Phi) is 1.55. The molecule has 0 spiro atoms. The molecular formula is C9H11BrN2O. The van der Waals surface area contributed by atoms with Crippen molar-refractivity contribution in [3.8, 4) is 0 Å². The van der Waals surface area contributed by atoms with E-state index in [9.17, 15) is 0 Å². The molecule has 2 heterocycles. The maximum atomic E-state index is 8.27. The van der Waals surface area contributed by atoms with Gasteiger partial charge in [-0.2, -0.15) is 0 Å². The highest BCUT2D eigenvalue weighted by atomic mass is 79.9. The minimum Gasteiger partial charge on any atom is -0.381 e. The van der Waals surface area contributed by atoms with Crippen LogP contribution < -0.4 is 0 Å². The average Bonchev–Trinajstić information content (AvgIpc) is 2.26. The van der Waals surface area contributed by atoms with Gasteiger partial charge < -0.3 is 4.74 Å². The largest absolute Gasteiger partial charge is 0.381 e. The van der Waals surface area contributed by atoms with Crippen LogP contribution in [-0.2, 0) is 4.74 Å². The van der Waals surface area contributed by atoms with Crippen molar-refractivity contribution in [1.82, 2.24) is 9.97 Å². The smallest absolute Gasteiger partial charge is 0.131 e. The molecule has 1 aliphatic heterocycles. The molecule has 1 aliphatic rings. The lowest BCUT2D eigenvalue weighted by molar-refractivity contribution is 0.0835. The van der Waals surface area contributed by atoms with Gasteiger partial charge in [-0.1, -0.05) is 0 Å². The van der Waals surface area contributed by atoms with Crippen LogP contribution in [0, 0.1) is 0 Å². The van der Waals surface area contributed by atoms with E-state index in [-0.39, 0.29) is 19.0 Å². The van der Waals surface area contributed by atoms with Crippen molar-refractivity contribution in [2.75, 3.05) is 13.2 Å². The fraction of sp³-hybridized carbons (Fsp3) is 0.556. The second-order valence-corrected chi connectivity index (χ2v) is 3.36. The van der Waals surface area contributed by atoms with Crippen LogP contribution in [0.2, 0.25) is 0 Å². The molecule has 4 heteroatoms. The number of aromatic nitrogens is 2. The summed E-state index contributed by atoms with van der Waals surface area (Å²) in [4.78, 5) is 7.77. The summed E-state index contributed by atoms with van der Waals surface area (Å²) in [6.45, 7) is -0.704. The Morgan fingerprint density at radius 1 is 1.46 bits per heavy atom. The Balaban J connectivity index is 2.56. The summed E-state index contributed by atoms with van der Waals surface area (Å²) in [6.07, 6.45) is -1.66. The summed E-state index contributed by atoms with van der Waals surface area (Å²) in [5.74, 6) is -2.37. The molecule has 3 nitrogen and oxygen atoms in total. The van der Waals surface area contributed by atoms with Crippen LogP contribution in [0.5, 0.6) is 0 Å². The number of hydrogen-bond donors (Lipinski definition) is 0. The van der Waals surface area contributed by atoms with E-state index in [2.05, 4.69) is 25.9 Å².